The number of hydrogen-bond acceptors (Lipinski definition) is 6. The number of nitrogen functional groups attached to an aromatic ring is 1. The lowest BCUT2D eigenvalue weighted by Gasteiger charge is -2.12. The average Bonchev–Trinajstić information content (AvgIpc) is 2.71. The van der Waals surface area contributed by atoms with Gasteiger partial charge in [0, 0.05) is 6.20 Å². The van der Waals surface area contributed by atoms with Crippen LogP contribution in [0.3, 0.4) is 0 Å². The lowest BCUT2D eigenvalue weighted by atomic mass is 10.5. The minimum atomic E-state index is -0.701. The van der Waals surface area contributed by atoms with Crippen LogP contribution in [0.2, 0.25) is 0 Å². The zero-order valence-corrected chi connectivity index (χ0v) is 9.75. The molecule has 2 rings (SSSR count). The Morgan fingerprint density at radius 1 is 1.75 bits per heavy atom. The molecule has 0 bridgehead atoms. The second-order valence-electron chi connectivity index (χ2n) is 3.20. The molecule has 1 aliphatic heterocycles. The maximum Gasteiger partial charge on any atom is 0.351 e. The summed E-state index contributed by atoms with van der Waals surface area (Å²) in [5.41, 5.74) is 4.94. The highest BCUT2D eigenvalue weighted by Crippen LogP contribution is 2.21. The van der Waals surface area contributed by atoms with Crippen molar-refractivity contribution in [2.24, 2.45) is 0 Å². The Hall–Kier alpha value is -0.960. The SMILES string of the molecule is Nc1nc(=O)n([C@H]2CO[C@@H](CO)O2)cc1Br. The number of anilines is 1. The maximum absolute atomic E-state index is 11.5. The van der Waals surface area contributed by atoms with E-state index in [4.69, 9.17) is 20.3 Å². The van der Waals surface area contributed by atoms with Gasteiger partial charge in [0.25, 0.3) is 0 Å². The molecule has 1 fully saturated rings. The Labute approximate surface area is 98.9 Å². The Morgan fingerprint density at radius 3 is 3.12 bits per heavy atom. The van der Waals surface area contributed by atoms with Crippen LogP contribution in [0.15, 0.2) is 15.5 Å². The van der Waals surface area contributed by atoms with Gasteiger partial charge in [-0.2, -0.15) is 4.98 Å². The van der Waals surface area contributed by atoms with E-state index in [-0.39, 0.29) is 19.0 Å². The molecule has 0 aliphatic carbocycles. The third-order valence-corrected chi connectivity index (χ3v) is 2.74. The number of aliphatic hydroxyl groups is 1. The van der Waals surface area contributed by atoms with Gasteiger partial charge in [-0.1, -0.05) is 0 Å². The number of aliphatic hydroxyl groups excluding tert-OH is 1. The molecular weight excluding hydrogens is 282 g/mol. The Balaban J connectivity index is 2.28. The van der Waals surface area contributed by atoms with Crippen LogP contribution in [0.5, 0.6) is 0 Å². The van der Waals surface area contributed by atoms with Gasteiger partial charge in [0.05, 0.1) is 17.7 Å². The second-order valence-corrected chi connectivity index (χ2v) is 4.05. The van der Waals surface area contributed by atoms with Crippen molar-refractivity contribution in [3.8, 4) is 0 Å². The summed E-state index contributed by atoms with van der Waals surface area (Å²) in [6, 6.07) is 0. The van der Waals surface area contributed by atoms with Crippen LogP contribution in [0, 0.1) is 0 Å². The number of nitrogens with two attached hydrogens (primary N) is 1. The number of nitrogens with zero attached hydrogens (tertiary/aromatic N) is 2. The van der Waals surface area contributed by atoms with Gasteiger partial charge in [0.15, 0.2) is 12.5 Å². The summed E-state index contributed by atoms with van der Waals surface area (Å²) in [6.07, 6.45) is 0.195. The predicted octanol–water partition coefficient (Wildman–Crippen LogP) is -0.548. The van der Waals surface area contributed by atoms with Crippen molar-refractivity contribution in [3.05, 3.63) is 21.2 Å². The quantitative estimate of drug-likeness (QED) is 0.759. The van der Waals surface area contributed by atoms with Crippen LogP contribution in [-0.4, -0.2) is 34.2 Å². The molecule has 1 aromatic rings. The zero-order valence-electron chi connectivity index (χ0n) is 8.17. The van der Waals surface area contributed by atoms with Gasteiger partial charge in [0.2, 0.25) is 0 Å². The first-order valence-corrected chi connectivity index (χ1v) is 5.33. The molecule has 0 radical (unpaired) electrons. The number of rotatable bonds is 2. The molecule has 0 unspecified atom stereocenters. The molecule has 1 aromatic heterocycles. The van der Waals surface area contributed by atoms with Gasteiger partial charge < -0.3 is 20.3 Å². The highest BCUT2D eigenvalue weighted by Gasteiger charge is 2.27. The first kappa shape index (κ1) is 11.5. The number of aromatic nitrogens is 2. The van der Waals surface area contributed by atoms with E-state index in [1.165, 1.54) is 10.8 Å². The summed E-state index contributed by atoms with van der Waals surface area (Å²) in [4.78, 5) is 15.1. The van der Waals surface area contributed by atoms with Crippen molar-refractivity contribution in [3.63, 3.8) is 0 Å². The van der Waals surface area contributed by atoms with Gasteiger partial charge in [0.1, 0.15) is 5.82 Å². The van der Waals surface area contributed by atoms with Crippen LogP contribution >= 0.6 is 15.9 Å². The van der Waals surface area contributed by atoms with Crippen molar-refractivity contribution in [2.45, 2.75) is 12.5 Å². The van der Waals surface area contributed by atoms with Crippen molar-refractivity contribution in [1.82, 2.24) is 9.55 Å². The largest absolute Gasteiger partial charge is 0.391 e. The van der Waals surface area contributed by atoms with Crippen LogP contribution in [-0.2, 0) is 9.47 Å². The fourth-order valence-corrected chi connectivity index (χ4v) is 1.66. The van der Waals surface area contributed by atoms with Crippen LogP contribution in [0.4, 0.5) is 5.82 Å². The van der Waals surface area contributed by atoms with Gasteiger partial charge in [-0.3, -0.25) is 4.57 Å². The van der Waals surface area contributed by atoms with Gasteiger partial charge in [-0.25, -0.2) is 4.79 Å². The van der Waals surface area contributed by atoms with E-state index >= 15 is 0 Å². The second kappa shape index (κ2) is 4.50. The lowest BCUT2D eigenvalue weighted by molar-refractivity contribution is -0.0992. The van der Waals surface area contributed by atoms with Gasteiger partial charge in [-0.15, -0.1) is 0 Å². The summed E-state index contributed by atoms with van der Waals surface area (Å²) >= 11 is 3.17. The van der Waals surface area contributed by atoms with E-state index in [0.717, 1.165) is 0 Å². The summed E-state index contributed by atoms with van der Waals surface area (Å²) in [5.74, 6) is 0.124. The third kappa shape index (κ3) is 2.09. The van der Waals surface area contributed by atoms with Crippen molar-refractivity contribution < 1.29 is 14.6 Å². The summed E-state index contributed by atoms with van der Waals surface area (Å²) < 4.78 is 12.1. The van der Waals surface area contributed by atoms with E-state index in [2.05, 4.69) is 20.9 Å². The molecule has 8 heteroatoms. The van der Waals surface area contributed by atoms with Crippen LogP contribution in [0.25, 0.3) is 0 Å². The summed E-state index contributed by atoms with van der Waals surface area (Å²) in [7, 11) is 0. The molecule has 2 atom stereocenters. The van der Waals surface area contributed by atoms with E-state index in [1.807, 2.05) is 0 Å². The van der Waals surface area contributed by atoms with E-state index in [0.29, 0.717) is 4.47 Å². The molecule has 1 saturated heterocycles. The molecule has 16 heavy (non-hydrogen) atoms. The first-order chi connectivity index (χ1) is 7.61. The lowest BCUT2D eigenvalue weighted by Crippen LogP contribution is -2.29. The molecule has 0 saturated carbocycles. The van der Waals surface area contributed by atoms with Crippen LogP contribution < -0.4 is 11.4 Å². The normalized spacial score (nSPS) is 24.9. The maximum atomic E-state index is 11.5. The Kier molecular flexibility index (Phi) is 3.24. The molecule has 0 amide bonds. The molecular formula is C8H10BrN3O4. The molecule has 88 valence electrons. The topological polar surface area (TPSA) is 99.6 Å². The van der Waals surface area contributed by atoms with Gasteiger partial charge in [-0.05, 0) is 15.9 Å². The average molecular weight is 292 g/mol. The predicted molar refractivity (Wildman–Crippen MR) is 57.6 cm³/mol. The molecule has 0 aromatic carbocycles. The van der Waals surface area contributed by atoms with E-state index in [1.54, 1.807) is 0 Å². The fraction of sp³-hybridized carbons (Fsp3) is 0.500. The first-order valence-electron chi connectivity index (χ1n) is 4.54. The summed E-state index contributed by atoms with van der Waals surface area (Å²) in [6.45, 7) is -0.0714. The molecule has 3 N–H and O–H groups in total. The van der Waals surface area contributed by atoms with Crippen LogP contribution in [0.1, 0.15) is 6.23 Å². The number of hydrogen-bond donors (Lipinski definition) is 2. The molecule has 1 aliphatic rings. The third-order valence-electron chi connectivity index (χ3n) is 2.13. The highest BCUT2D eigenvalue weighted by atomic mass is 79.9. The zero-order chi connectivity index (χ0) is 11.7. The van der Waals surface area contributed by atoms with E-state index < -0.39 is 18.2 Å². The highest BCUT2D eigenvalue weighted by molar-refractivity contribution is 9.10. The molecule has 0 spiro atoms. The minimum Gasteiger partial charge on any atom is -0.391 e. The standard InChI is InChI=1S/C8H10BrN3O4/c9-4-1-12(8(14)11-7(4)10)5-3-15-6(2-13)16-5/h1,5-6,13H,2-3H2,(H2,10,11,14)/t5-,6-/m1/s1. The smallest absolute Gasteiger partial charge is 0.351 e. The van der Waals surface area contributed by atoms with Gasteiger partial charge >= 0.3 is 5.69 Å². The Morgan fingerprint density at radius 2 is 2.50 bits per heavy atom. The van der Waals surface area contributed by atoms with E-state index in [9.17, 15) is 4.79 Å². The van der Waals surface area contributed by atoms with Crippen molar-refractivity contribution in [1.29, 1.82) is 0 Å². The monoisotopic (exact) mass is 291 g/mol. The molecule has 2 heterocycles. The molecule has 7 nitrogen and oxygen atoms in total. The van der Waals surface area contributed by atoms with Crippen molar-refractivity contribution in [2.75, 3.05) is 18.9 Å². The van der Waals surface area contributed by atoms with Crippen molar-refractivity contribution >= 4 is 21.7 Å². The number of ether oxygens (including phenoxy) is 2. The Bertz CT molecular complexity index is 449. The number of halogens is 1. The minimum absolute atomic E-state index is 0.124. The summed E-state index contributed by atoms with van der Waals surface area (Å²) in [5, 5.41) is 8.82. The fourth-order valence-electron chi connectivity index (χ4n) is 1.35.